The number of nitrogens with zero attached hydrogens (tertiary/aromatic N) is 2. The van der Waals surface area contributed by atoms with Crippen molar-refractivity contribution in [3.8, 4) is 0 Å². The fourth-order valence-corrected chi connectivity index (χ4v) is 4.57. The lowest BCUT2D eigenvalue weighted by Gasteiger charge is -2.56. The maximum absolute atomic E-state index is 5.62. The molecule has 0 bridgehead atoms. The van der Waals surface area contributed by atoms with Gasteiger partial charge in [-0.05, 0) is 45.3 Å². The molecule has 0 aromatic carbocycles. The van der Waals surface area contributed by atoms with Crippen LogP contribution in [0.3, 0.4) is 0 Å². The van der Waals surface area contributed by atoms with E-state index in [0.29, 0.717) is 11.5 Å². The van der Waals surface area contributed by atoms with Crippen LogP contribution in [0.1, 0.15) is 46.0 Å². The van der Waals surface area contributed by atoms with Crippen LogP contribution in [0.25, 0.3) is 0 Å². The van der Waals surface area contributed by atoms with Crippen LogP contribution < -0.4 is 0 Å². The summed E-state index contributed by atoms with van der Waals surface area (Å²) in [5.41, 5.74) is 0.332. The lowest BCUT2D eigenvalue weighted by molar-refractivity contribution is -0.139. The largest absolute Gasteiger partial charge is 0.381 e. The van der Waals surface area contributed by atoms with Crippen LogP contribution in [0.5, 0.6) is 0 Å². The van der Waals surface area contributed by atoms with E-state index in [2.05, 4.69) is 23.6 Å². The molecule has 3 nitrogen and oxygen atoms in total. The minimum Gasteiger partial charge on any atom is -0.381 e. The number of rotatable bonds is 2. The van der Waals surface area contributed by atoms with Crippen LogP contribution in [-0.4, -0.2) is 61.3 Å². The van der Waals surface area contributed by atoms with Gasteiger partial charge in [0.05, 0.1) is 6.10 Å². The predicted molar refractivity (Wildman–Crippen MR) is 78.4 cm³/mol. The molecule has 19 heavy (non-hydrogen) atoms. The molecular formula is C16H30N2O. The molecule has 3 atom stereocenters. The van der Waals surface area contributed by atoms with Gasteiger partial charge in [0.25, 0.3) is 0 Å². The van der Waals surface area contributed by atoms with Crippen LogP contribution in [0.15, 0.2) is 0 Å². The average Bonchev–Trinajstić information content (AvgIpc) is 2.60. The minimum absolute atomic E-state index is 0.332. The molecule has 3 rings (SSSR count). The summed E-state index contributed by atoms with van der Waals surface area (Å²) < 4.78 is 5.62. The Morgan fingerprint density at radius 2 is 1.74 bits per heavy atom. The molecule has 3 unspecified atom stereocenters. The summed E-state index contributed by atoms with van der Waals surface area (Å²) in [6, 6.07) is 1.56. The molecule has 2 saturated heterocycles. The molecule has 0 N–H and O–H groups in total. The Morgan fingerprint density at radius 3 is 2.47 bits per heavy atom. The molecule has 0 spiro atoms. The van der Waals surface area contributed by atoms with Crippen LogP contribution in [0.4, 0.5) is 0 Å². The van der Waals surface area contributed by atoms with E-state index in [1.165, 1.54) is 58.3 Å². The molecule has 3 fully saturated rings. The minimum atomic E-state index is 0.332. The molecule has 1 aliphatic carbocycles. The van der Waals surface area contributed by atoms with Gasteiger partial charge in [0.15, 0.2) is 0 Å². The van der Waals surface area contributed by atoms with Gasteiger partial charge < -0.3 is 4.74 Å². The van der Waals surface area contributed by atoms with Crippen LogP contribution >= 0.6 is 0 Å². The van der Waals surface area contributed by atoms with Gasteiger partial charge in [-0.15, -0.1) is 0 Å². The van der Waals surface area contributed by atoms with E-state index in [-0.39, 0.29) is 0 Å². The summed E-state index contributed by atoms with van der Waals surface area (Å²) in [6.07, 6.45) is 7.30. The molecule has 110 valence electrons. The van der Waals surface area contributed by atoms with E-state index in [4.69, 9.17) is 4.74 Å². The first-order chi connectivity index (χ1) is 9.13. The zero-order valence-corrected chi connectivity index (χ0v) is 12.9. The van der Waals surface area contributed by atoms with Crippen molar-refractivity contribution in [1.82, 2.24) is 9.80 Å². The smallest absolute Gasteiger partial charge is 0.0652 e. The highest BCUT2D eigenvalue weighted by Crippen LogP contribution is 2.46. The Bertz CT molecular complexity index is 318. The normalized spacial score (nSPS) is 40.3. The Hall–Kier alpha value is -0.120. The number of hydrogen-bond acceptors (Lipinski definition) is 3. The average molecular weight is 266 g/mol. The second-order valence-electron chi connectivity index (χ2n) is 7.33. The van der Waals surface area contributed by atoms with Gasteiger partial charge in [-0.25, -0.2) is 0 Å². The molecule has 0 aromatic rings. The van der Waals surface area contributed by atoms with Crippen molar-refractivity contribution in [2.45, 2.75) is 64.1 Å². The first-order valence-electron chi connectivity index (χ1n) is 8.14. The van der Waals surface area contributed by atoms with E-state index in [0.717, 1.165) is 12.1 Å². The van der Waals surface area contributed by atoms with E-state index < -0.39 is 0 Å². The highest BCUT2D eigenvalue weighted by Gasteiger charge is 2.51. The van der Waals surface area contributed by atoms with Crippen molar-refractivity contribution in [3.63, 3.8) is 0 Å². The van der Waals surface area contributed by atoms with Gasteiger partial charge in [0, 0.05) is 31.2 Å². The standard InChI is InChI=1S/C16H30N2O/c1-16(2)14(11-15(16)19-3)18-10-6-9-17-8-5-4-7-13(17)12-18/h13-15H,4-12H2,1-3H3. The third-order valence-electron chi connectivity index (χ3n) is 5.94. The predicted octanol–water partition coefficient (Wildman–Crippen LogP) is 2.36. The Labute approximate surface area is 118 Å². The molecule has 0 amide bonds. The monoisotopic (exact) mass is 266 g/mol. The van der Waals surface area contributed by atoms with Gasteiger partial charge in [0.1, 0.15) is 0 Å². The summed E-state index contributed by atoms with van der Waals surface area (Å²) in [6.45, 7) is 10.0. The molecule has 2 heterocycles. The molecular weight excluding hydrogens is 236 g/mol. The third kappa shape index (κ3) is 2.45. The fraction of sp³-hybridized carbons (Fsp3) is 1.00. The number of piperidine rings is 1. The second kappa shape index (κ2) is 5.34. The van der Waals surface area contributed by atoms with Crippen molar-refractivity contribution in [2.24, 2.45) is 5.41 Å². The quantitative estimate of drug-likeness (QED) is 0.763. The molecule has 3 heteroatoms. The number of hydrogen-bond donors (Lipinski definition) is 0. The number of methoxy groups -OCH3 is 1. The van der Waals surface area contributed by atoms with Crippen molar-refractivity contribution >= 4 is 0 Å². The molecule has 1 saturated carbocycles. The molecule has 2 aliphatic heterocycles. The zero-order chi connectivity index (χ0) is 13.5. The van der Waals surface area contributed by atoms with E-state index in [9.17, 15) is 0 Å². The van der Waals surface area contributed by atoms with Gasteiger partial charge in [0.2, 0.25) is 0 Å². The van der Waals surface area contributed by atoms with Gasteiger partial charge in [-0.2, -0.15) is 0 Å². The van der Waals surface area contributed by atoms with Gasteiger partial charge in [-0.3, -0.25) is 9.80 Å². The Balaban J connectivity index is 1.65. The maximum atomic E-state index is 5.62. The topological polar surface area (TPSA) is 15.7 Å². The maximum Gasteiger partial charge on any atom is 0.0652 e. The summed E-state index contributed by atoms with van der Waals surface area (Å²) in [7, 11) is 1.87. The van der Waals surface area contributed by atoms with Crippen LogP contribution in [0.2, 0.25) is 0 Å². The van der Waals surface area contributed by atoms with Crippen LogP contribution in [-0.2, 0) is 4.74 Å². The number of ether oxygens (including phenoxy) is 1. The van der Waals surface area contributed by atoms with E-state index >= 15 is 0 Å². The summed E-state index contributed by atoms with van der Waals surface area (Å²) in [5, 5.41) is 0. The van der Waals surface area contributed by atoms with Crippen LogP contribution in [0, 0.1) is 5.41 Å². The van der Waals surface area contributed by atoms with Crippen molar-refractivity contribution in [2.75, 3.05) is 33.3 Å². The molecule has 3 aliphatic rings. The van der Waals surface area contributed by atoms with Crippen molar-refractivity contribution < 1.29 is 4.74 Å². The second-order valence-corrected chi connectivity index (χ2v) is 7.33. The van der Waals surface area contributed by atoms with Gasteiger partial charge >= 0.3 is 0 Å². The third-order valence-corrected chi connectivity index (χ3v) is 5.94. The summed E-state index contributed by atoms with van der Waals surface area (Å²) in [4.78, 5) is 5.54. The SMILES string of the molecule is COC1CC(N2CCCN3CCCCC3C2)C1(C)C. The van der Waals surface area contributed by atoms with Crippen molar-refractivity contribution in [3.05, 3.63) is 0 Å². The molecule has 0 aromatic heterocycles. The summed E-state index contributed by atoms with van der Waals surface area (Å²) >= 11 is 0. The Morgan fingerprint density at radius 1 is 1.00 bits per heavy atom. The Kier molecular flexibility index (Phi) is 3.89. The van der Waals surface area contributed by atoms with Gasteiger partial charge in [-0.1, -0.05) is 20.3 Å². The lowest BCUT2D eigenvalue weighted by atomic mass is 9.63. The highest BCUT2D eigenvalue weighted by atomic mass is 16.5. The van der Waals surface area contributed by atoms with Crippen molar-refractivity contribution in [1.29, 1.82) is 0 Å². The lowest BCUT2D eigenvalue weighted by Crippen LogP contribution is -2.63. The van der Waals surface area contributed by atoms with E-state index in [1.54, 1.807) is 0 Å². The summed E-state index contributed by atoms with van der Waals surface area (Å²) in [5.74, 6) is 0. The molecule has 0 radical (unpaired) electrons. The fourth-order valence-electron chi connectivity index (χ4n) is 4.57. The first kappa shape index (κ1) is 13.8. The zero-order valence-electron chi connectivity index (χ0n) is 12.9. The van der Waals surface area contributed by atoms with E-state index in [1.807, 2.05) is 7.11 Å². The highest BCUT2D eigenvalue weighted by molar-refractivity contribution is 5.04. The number of fused-ring (bicyclic) bond motifs is 1. The first-order valence-corrected chi connectivity index (χ1v) is 8.14.